The molecule has 0 atom stereocenters. The van der Waals surface area contributed by atoms with Gasteiger partial charge in [0.25, 0.3) is 0 Å². The number of rotatable bonds is 4. The Bertz CT molecular complexity index is 1170. The maximum atomic E-state index is 13.8. The van der Waals surface area contributed by atoms with Crippen LogP contribution in [0.3, 0.4) is 0 Å². The summed E-state index contributed by atoms with van der Waals surface area (Å²) in [7, 11) is -3.91. The molecule has 29 heavy (non-hydrogen) atoms. The van der Waals surface area contributed by atoms with Crippen molar-refractivity contribution in [2.24, 2.45) is 0 Å². The van der Waals surface area contributed by atoms with Gasteiger partial charge < -0.3 is 0 Å². The second-order valence-corrected chi connectivity index (χ2v) is 9.16. The van der Waals surface area contributed by atoms with E-state index in [1.807, 2.05) is 60.7 Å². The molecule has 0 unspecified atom stereocenters. The van der Waals surface area contributed by atoms with Crippen LogP contribution in [-0.4, -0.2) is 8.42 Å². The number of sulfone groups is 1. The van der Waals surface area contributed by atoms with Crippen LogP contribution in [0.25, 0.3) is 22.3 Å². The number of benzene rings is 4. The minimum Gasteiger partial charge on any atom is -0.218 e. The van der Waals surface area contributed by atoms with Crippen LogP contribution in [0.1, 0.15) is 0 Å². The molecule has 0 saturated heterocycles. The highest BCUT2D eigenvalue weighted by atomic mass is 35.5. The van der Waals surface area contributed by atoms with Gasteiger partial charge >= 0.3 is 0 Å². The van der Waals surface area contributed by atoms with Crippen LogP contribution in [0.4, 0.5) is 0 Å². The first kappa shape index (κ1) is 19.7. The van der Waals surface area contributed by atoms with Gasteiger partial charge in [-0.25, -0.2) is 8.42 Å². The van der Waals surface area contributed by atoms with Gasteiger partial charge in [0.2, 0.25) is 9.84 Å². The fourth-order valence-electron chi connectivity index (χ4n) is 3.34. The van der Waals surface area contributed by atoms with Crippen molar-refractivity contribution in [2.45, 2.75) is 9.79 Å². The molecule has 5 heteroatoms. The molecule has 0 N–H and O–H groups in total. The standard InChI is InChI=1S/C24H16Cl2O2S/c25-19-13-7-15-21(23(19)17-9-3-1-4-10-17)29(27,28)22-16-8-14-20(26)24(22)18-11-5-2-6-12-18/h1-16H. The third-order valence-electron chi connectivity index (χ3n) is 4.65. The molecule has 0 aromatic heterocycles. The normalized spacial score (nSPS) is 11.4. The average molecular weight is 439 g/mol. The van der Waals surface area contributed by atoms with E-state index >= 15 is 0 Å². The maximum Gasteiger partial charge on any atom is 0.207 e. The molecule has 0 bridgehead atoms. The van der Waals surface area contributed by atoms with Gasteiger partial charge in [0, 0.05) is 21.2 Å². The number of hydrogen-bond acceptors (Lipinski definition) is 2. The summed E-state index contributed by atoms with van der Waals surface area (Å²) < 4.78 is 27.6. The van der Waals surface area contributed by atoms with Crippen LogP contribution in [0.15, 0.2) is 107 Å². The Morgan fingerprint density at radius 2 is 0.862 bits per heavy atom. The Kier molecular flexibility index (Phi) is 5.46. The van der Waals surface area contributed by atoms with Crippen LogP contribution in [-0.2, 0) is 9.84 Å². The van der Waals surface area contributed by atoms with Gasteiger partial charge in [-0.15, -0.1) is 0 Å². The SMILES string of the molecule is O=S(=O)(c1cccc(Cl)c1-c1ccccc1)c1cccc(Cl)c1-c1ccccc1. The summed E-state index contributed by atoms with van der Waals surface area (Å²) in [4.78, 5) is 0.297. The fourth-order valence-corrected chi connectivity index (χ4v) is 5.77. The van der Waals surface area contributed by atoms with Crippen LogP contribution in [0.5, 0.6) is 0 Å². The summed E-state index contributed by atoms with van der Waals surface area (Å²) in [6, 6.07) is 28.4. The summed E-state index contributed by atoms with van der Waals surface area (Å²) in [5.74, 6) is 0. The van der Waals surface area contributed by atoms with E-state index in [0.717, 1.165) is 11.1 Å². The molecule has 144 valence electrons. The Labute approximate surface area is 180 Å². The summed E-state index contributed by atoms with van der Waals surface area (Å²) in [6.45, 7) is 0. The first-order chi connectivity index (χ1) is 14.0. The van der Waals surface area contributed by atoms with Crippen molar-refractivity contribution in [3.63, 3.8) is 0 Å². The van der Waals surface area contributed by atoms with Crippen molar-refractivity contribution in [1.82, 2.24) is 0 Å². The van der Waals surface area contributed by atoms with Gasteiger partial charge in [-0.3, -0.25) is 0 Å². The maximum absolute atomic E-state index is 13.8. The zero-order valence-electron chi connectivity index (χ0n) is 15.2. The van der Waals surface area contributed by atoms with Crippen molar-refractivity contribution < 1.29 is 8.42 Å². The van der Waals surface area contributed by atoms with E-state index in [-0.39, 0.29) is 9.79 Å². The fraction of sp³-hybridized carbons (Fsp3) is 0. The minimum absolute atomic E-state index is 0.149. The molecular weight excluding hydrogens is 423 g/mol. The highest BCUT2D eigenvalue weighted by Gasteiger charge is 2.27. The third-order valence-corrected chi connectivity index (χ3v) is 7.12. The minimum atomic E-state index is -3.91. The Balaban J connectivity index is 2.01. The highest BCUT2D eigenvalue weighted by Crippen LogP contribution is 2.41. The lowest BCUT2D eigenvalue weighted by Crippen LogP contribution is -2.06. The molecule has 0 aliphatic carbocycles. The van der Waals surface area contributed by atoms with E-state index in [2.05, 4.69) is 0 Å². The van der Waals surface area contributed by atoms with Gasteiger partial charge in [-0.1, -0.05) is 96.0 Å². The Morgan fingerprint density at radius 1 is 0.483 bits per heavy atom. The molecule has 0 heterocycles. The van der Waals surface area contributed by atoms with Gasteiger partial charge in [-0.05, 0) is 35.4 Å². The van der Waals surface area contributed by atoms with E-state index in [0.29, 0.717) is 21.2 Å². The second-order valence-electron chi connectivity index (χ2n) is 6.46. The molecule has 4 rings (SSSR count). The lowest BCUT2D eigenvalue weighted by atomic mass is 10.1. The predicted molar refractivity (Wildman–Crippen MR) is 119 cm³/mol. The average Bonchev–Trinajstić information content (AvgIpc) is 2.74. The second kappa shape index (κ2) is 8.03. The van der Waals surface area contributed by atoms with Gasteiger partial charge in [0.15, 0.2) is 0 Å². The van der Waals surface area contributed by atoms with Crippen LogP contribution < -0.4 is 0 Å². The molecule has 4 aromatic rings. The van der Waals surface area contributed by atoms with E-state index in [1.54, 1.807) is 36.4 Å². The summed E-state index contributed by atoms with van der Waals surface area (Å²) in [5, 5.41) is 0.751. The first-order valence-corrected chi connectivity index (χ1v) is 11.2. The zero-order valence-corrected chi connectivity index (χ0v) is 17.5. The third kappa shape index (κ3) is 3.69. The molecule has 0 aliphatic heterocycles. The van der Waals surface area contributed by atoms with Crippen molar-refractivity contribution in [3.8, 4) is 22.3 Å². The molecule has 0 aliphatic rings. The Morgan fingerprint density at radius 3 is 1.24 bits per heavy atom. The largest absolute Gasteiger partial charge is 0.218 e. The van der Waals surface area contributed by atoms with Crippen molar-refractivity contribution in [3.05, 3.63) is 107 Å². The topological polar surface area (TPSA) is 34.1 Å². The molecule has 4 aromatic carbocycles. The lowest BCUT2D eigenvalue weighted by Gasteiger charge is -2.16. The predicted octanol–water partition coefficient (Wildman–Crippen LogP) is 7.16. The quantitative estimate of drug-likeness (QED) is 0.338. The monoisotopic (exact) mass is 438 g/mol. The molecule has 0 spiro atoms. The van der Waals surface area contributed by atoms with Crippen LogP contribution in [0, 0.1) is 0 Å². The smallest absolute Gasteiger partial charge is 0.207 e. The first-order valence-electron chi connectivity index (χ1n) is 8.93. The van der Waals surface area contributed by atoms with Gasteiger partial charge in [0.05, 0.1) is 9.79 Å². The van der Waals surface area contributed by atoms with Gasteiger partial charge in [0.1, 0.15) is 0 Å². The highest BCUT2D eigenvalue weighted by molar-refractivity contribution is 7.91. The molecule has 0 radical (unpaired) electrons. The van der Waals surface area contributed by atoms with Crippen molar-refractivity contribution in [2.75, 3.05) is 0 Å². The number of halogens is 2. The molecule has 0 amide bonds. The summed E-state index contributed by atoms with van der Waals surface area (Å²) >= 11 is 12.9. The molecule has 0 saturated carbocycles. The number of hydrogen-bond donors (Lipinski definition) is 0. The lowest BCUT2D eigenvalue weighted by molar-refractivity contribution is 0.596. The molecular formula is C24H16Cl2O2S. The van der Waals surface area contributed by atoms with E-state index in [1.165, 1.54) is 0 Å². The van der Waals surface area contributed by atoms with Gasteiger partial charge in [-0.2, -0.15) is 0 Å². The summed E-state index contributed by atoms with van der Waals surface area (Å²) in [5.41, 5.74) is 2.43. The van der Waals surface area contributed by atoms with E-state index in [9.17, 15) is 8.42 Å². The van der Waals surface area contributed by atoms with E-state index in [4.69, 9.17) is 23.2 Å². The Hall–Kier alpha value is -2.59. The van der Waals surface area contributed by atoms with E-state index < -0.39 is 9.84 Å². The molecule has 0 fully saturated rings. The molecule has 2 nitrogen and oxygen atoms in total. The van der Waals surface area contributed by atoms with Crippen LogP contribution in [0.2, 0.25) is 10.0 Å². The van der Waals surface area contributed by atoms with Crippen molar-refractivity contribution >= 4 is 33.0 Å². The van der Waals surface area contributed by atoms with Crippen molar-refractivity contribution in [1.29, 1.82) is 0 Å². The zero-order chi connectivity index (χ0) is 20.4. The summed E-state index contributed by atoms with van der Waals surface area (Å²) in [6.07, 6.45) is 0. The van der Waals surface area contributed by atoms with Crippen LogP contribution >= 0.6 is 23.2 Å².